The van der Waals surface area contributed by atoms with E-state index in [0.29, 0.717) is 6.42 Å². The summed E-state index contributed by atoms with van der Waals surface area (Å²) in [5.74, 6) is 0. The van der Waals surface area contributed by atoms with Crippen LogP contribution in [-0.4, -0.2) is 4.98 Å². The first-order valence-corrected chi connectivity index (χ1v) is 4.49. The molecule has 0 N–H and O–H groups in total. The van der Waals surface area contributed by atoms with Gasteiger partial charge in [-0.15, -0.1) is 0 Å². The number of rotatable bonds is 1. The Labute approximate surface area is 81.5 Å². The van der Waals surface area contributed by atoms with Crippen LogP contribution in [-0.2, 0) is 6.42 Å². The van der Waals surface area contributed by atoms with Crippen molar-refractivity contribution in [2.24, 2.45) is 0 Å². The van der Waals surface area contributed by atoms with Crippen molar-refractivity contribution in [3.63, 3.8) is 0 Å². The molecule has 11 heavy (non-hydrogen) atoms. The van der Waals surface area contributed by atoms with E-state index in [9.17, 15) is 0 Å². The summed E-state index contributed by atoms with van der Waals surface area (Å²) in [7, 11) is 0. The van der Waals surface area contributed by atoms with E-state index in [4.69, 9.17) is 5.26 Å². The lowest BCUT2D eigenvalue weighted by molar-refractivity contribution is 1.14. The fourth-order valence-electron chi connectivity index (χ4n) is 0.674. The predicted octanol–water partition coefficient (Wildman–Crippen LogP) is 2.67. The van der Waals surface area contributed by atoms with E-state index in [1.54, 1.807) is 6.20 Å². The Bertz CT molecular complexity index is 304. The van der Waals surface area contributed by atoms with Crippen molar-refractivity contribution in [2.75, 3.05) is 0 Å². The van der Waals surface area contributed by atoms with Crippen LogP contribution in [0.1, 0.15) is 5.56 Å². The predicted molar refractivity (Wildman–Crippen MR) is 49.0 cm³/mol. The highest BCUT2D eigenvalue weighted by Gasteiger charge is 2.00. The van der Waals surface area contributed by atoms with Gasteiger partial charge in [0.15, 0.2) is 0 Å². The molecule has 0 saturated heterocycles. The monoisotopic (exact) mass is 274 g/mol. The molecule has 0 bridgehead atoms. The Hall–Kier alpha value is -0.400. The minimum atomic E-state index is 0.382. The third kappa shape index (κ3) is 2.28. The van der Waals surface area contributed by atoms with Crippen molar-refractivity contribution >= 4 is 31.9 Å². The maximum atomic E-state index is 8.42. The van der Waals surface area contributed by atoms with Gasteiger partial charge < -0.3 is 0 Å². The Kier molecular flexibility index (Phi) is 3.03. The fourth-order valence-corrected chi connectivity index (χ4v) is 1.41. The van der Waals surface area contributed by atoms with E-state index in [2.05, 4.69) is 42.9 Å². The Morgan fingerprint density at radius 1 is 1.55 bits per heavy atom. The van der Waals surface area contributed by atoms with E-state index in [0.717, 1.165) is 14.6 Å². The molecule has 0 saturated carbocycles. The van der Waals surface area contributed by atoms with Gasteiger partial charge in [-0.1, -0.05) is 0 Å². The van der Waals surface area contributed by atoms with Gasteiger partial charge in [0.05, 0.1) is 12.5 Å². The summed E-state index contributed by atoms with van der Waals surface area (Å²) in [6, 6.07) is 3.94. The molecule has 56 valence electrons. The second-order valence-electron chi connectivity index (χ2n) is 1.94. The topological polar surface area (TPSA) is 36.7 Å². The van der Waals surface area contributed by atoms with Gasteiger partial charge in [0.25, 0.3) is 0 Å². The summed E-state index contributed by atoms with van der Waals surface area (Å²) in [6.07, 6.45) is 2.07. The number of hydrogen-bond acceptors (Lipinski definition) is 2. The molecule has 4 heteroatoms. The van der Waals surface area contributed by atoms with Crippen LogP contribution in [0.25, 0.3) is 0 Å². The first-order valence-electron chi connectivity index (χ1n) is 2.91. The summed E-state index contributed by atoms with van der Waals surface area (Å²) >= 11 is 6.52. The van der Waals surface area contributed by atoms with Gasteiger partial charge in [-0.25, -0.2) is 4.98 Å². The number of aromatic nitrogens is 1. The van der Waals surface area contributed by atoms with Gasteiger partial charge in [0.2, 0.25) is 0 Å². The van der Waals surface area contributed by atoms with Crippen LogP contribution in [0.15, 0.2) is 21.3 Å². The fraction of sp³-hybridized carbons (Fsp3) is 0.143. The molecule has 2 nitrogen and oxygen atoms in total. The molecule has 0 aromatic carbocycles. The molecule has 0 amide bonds. The van der Waals surface area contributed by atoms with Crippen molar-refractivity contribution < 1.29 is 0 Å². The van der Waals surface area contributed by atoms with Gasteiger partial charge in [-0.2, -0.15) is 5.26 Å². The van der Waals surface area contributed by atoms with E-state index in [1.165, 1.54) is 0 Å². The standard InChI is InChI=1S/C7H4Br2N2/c8-6-3-5(1-2-10)7(9)11-4-6/h3-4H,1H2. The quantitative estimate of drug-likeness (QED) is 0.739. The average Bonchev–Trinajstić information content (AvgIpc) is 1.98. The minimum absolute atomic E-state index is 0.382. The lowest BCUT2D eigenvalue weighted by Crippen LogP contribution is -1.86. The van der Waals surface area contributed by atoms with Crippen molar-refractivity contribution in [1.29, 1.82) is 5.26 Å². The van der Waals surface area contributed by atoms with Gasteiger partial charge in [-0.05, 0) is 37.9 Å². The lowest BCUT2D eigenvalue weighted by Gasteiger charge is -1.97. The van der Waals surface area contributed by atoms with E-state index in [1.807, 2.05) is 6.07 Å². The van der Waals surface area contributed by atoms with Gasteiger partial charge in [0.1, 0.15) is 4.60 Å². The highest BCUT2D eigenvalue weighted by atomic mass is 79.9. The Balaban J connectivity index is 3.05. The van der Waals surface area contributed by atoms with Crippen LogP contribution in [0.3, 0.4) is 0 Å². The maximum absolute atomic E-state index is 8.42. The van der Waals surface area contributed by atoms with Gasteiger partial charge >= 0.3 is 0 Å². The smallest absolute Gasteiger partial charge is 0.110 e. The Morgan fingerprint density at radius 3 is 2.91 bits per heavy atom. The molecule has 0 spiro atoms. The zero-order valence-corrected chi connectivity index (χ0v) is 8.68. The normalized spacial score (nSPS) is 9.18. The molecule has 1 heterocycles. The summed E-state index contributed by atoms with van der Waals surface area (Å²) < 4.78 is 1.63. The summed E-state index contributed by atoms with van der Waals surface area (Å²) in [5.41, 5.74) is 0.905. The molecule has 1 rings (SSSR count). The minimum Gasteiger partial charge on any atom is -0.248 e. The van der Waals surface area contributed by atoms with Crippen LogP contribution in [0.4, 0.5) is 0 Å². The van der Waals surface area contributed by atoms with Crippen LogP contribution in [0, 0.1) is 11.3 Å². The van der Waals surface area contributed by atoms with Crippen molar-refractivity contribution in [1.82, 2.24) is 4.98 Å². The Morgan fingerprint density at radius 2 is 2.27 bits per heavy atom. The van der Waals surface area contributed by atoms with Crippen molar-refractivity contribution in [3.05, 3.63) is 26.9 Å². The molecule has 0 atom stereocenters. The van der Waals surface area contributed by atoms with Crippen LogP contribution in [0.2, 0.25) is 0 Å². The SMILES string of the molecule is N#CCc1cc(Br)cnc1Br. The summed E-state index contributed by atoms with van der Waals surface area (Å²) in [4.78, 5) is 4.02. The number of hydrogen-bond donors (Lipinski definition) is 0. The number of nitriles is 1. The van der Waals surface area contributed by atoms with Crippen molar-refractivity contribution in [3.8, 4) is 6.07 Å². The lowest BCUT2D eigenvalue weighted by atomic mass is 10.2. The number of pyridine rings is 1. The third-order valence-corrected chi connectivity index (χ3v) is 2.30. The van der Waals surface area contributed by atoms with Gasteiger partial charge in [-0.3, -0.25) is 0 Å². The molecule has 0 aliphatic carbocycles. The highest BCUT2D eigenvalue weighted by Crippen LogP contribution is 2.18. The largest absolute Gasteiger partial charge is 0.248 e. The first kappa shape index (κ1) is 8.69. The van der Waals surface area contributed by atoms with E-state index >= 15 is 0 Å². The summed E-state index contributed by atoms with van der Waals surface area (Å²) in [6.45, 7) is 0. The van der Waals surface area contributed by atoms with Crippen LogP contribution >= 0.6 is 31.9 Å². The molecule has 0 aliphatic heterocycles. The molecule has 1 aromatic rings. The molecular formula is C7H4Br2N2. The van der Waals surface area contributed by atoms with Gasteiger partial charge in [0, 0.05) is 16.2 Å². The second-order valence-corrected chi connectivity index (χ2v) is 3.61. The van der Waals surface area contributed by atoms with E-state index in [-0.39, 0.29) is 0 Å². The number of nitrogens with zero attached hydrogens (tertiary/aromatic N) is 2. The molecule has 0 aliphatic rings. The molecule has 1 aromatic heterocycles. The van der Waals surface area contributed by atoms with Crippen molar-refractivity contribution in [2.45, 2.75) is 6.42 Å². The highest BCUT2D eigenvalue weighted by molar-refractivity contribution is 9.11. The third-order valence-electron chi connectivity index (χ3n) is 1.15. The number of halogens is 2. The molecule has 0 unspecified atom stereocenters. The first-order chi connectivity index (χ1) is 5.24. The second kappa shape index (κ2) is 3.84. The maximum Gasteiger partial charge on any atom is 0.110 e. The van der Waals surface area contributed by atoms with E-state index < -0.39 is 0 Å². The average molecular weight is 276 g/mol. The molecule has 0 radical (unpaired) electrons. The molecule has 0 fully saturated rings. The van der Waals surface area contributed by atoms with Crippen LogP contribution in [0.5, 0.6) is 0 Å². The summed E-state index contributed by atoms with van der Waals surface area (Å²) in [5, 5.41) is 8.42. The zero-order valence-electron chi connectivity index (χ0n) is 5.51. The van der Waals surface area contributed by atoms with Crippen LogP contribution < -0.4 is 0 Å². The molecular weight excluding hydrogens is 272 g/mol. The zero-order chi connectivity index (χ0) is 8.27.